The zero-order valence-corrected chi connectivity index (χ0v) is 8.13. The third-order valence-electron chi connectivity index (χ3n) is 2.05. The molecule has 0 saturated heterocycles. The van der Waals surface area contributed by atoms with Gasteiger partial charge < -0.3 is 10.5 Å². The molecule has 4 heteroatoms. The van der Waals surface area contributed by atoms with Crippen LogP contribution in [-0.2, 0) is 0 Å². The van der Waals surface area contributed by atoms with E-state index in [4.69, 9.17) is 10.5 Å². The smallest absolute Gasteiger partial charge is 0.179 e. The molecule has 2 N–H and O–H groups in total. The van der Waals surface area contributed by atoms with Crippen molar-refractivity contribution in [2.24, 2.45) is 5.73 Å². The highest BCUT2D eigenvalue weighted by atomic mass is 19.1. The number of hydrogen-bond donors (Lipinski definition) is 1. The normalized spacial score (nSPS) is 10.0. The first-order chi connectivity index (χ1) is 6.61. The van der Waals surface area contributed by atoms with Crippen LogP contribution in [0.2, 0.25) is 0 Å². The number of carbonyl (C=O) groups is 1. The van der Waals surface area contributed by atoms with E-state index in [1.54, 1.807) is 6.92 Å². The van der Waals surface area contributed by atoms with Crippen LogP contribution in [0.25, 0.3) is 0 Å². The SMILES string of the molecule is COc1ccc(F)c(C(=O)CN)c1C. The Morgan fingerprint density at radius 3 is 2.71 bits per heavy atom. The molecular weight excluding hydrogens is 185 g/mol. The molecule has 0 aliphatic carbocycles. The second-order valence-corrected chi connectivity index (χ2v) is 2.88. The molecule has 76 valence electrons. The Hall–Kier alpha value is -1.42. The van der Waals surface area contributed by atoms with E-state index in [-0.39, 0.29) is 12.1 Å². The first-order valence-electron chi connectivity index (χ1n) is 4.18. The second kappa shape index (κ2) is 4.19. The van der Waals surface area contributed by atoms with Crippen molar-refractivity contribution < 1.29 is 13.9 Å². The molecule has 0 aliphatic heterocycles. The number of nitrogens with two attached hydrogens (primary N) is 1. The predicted molar refractivity (Wildman–Crippen MR) is 51.1 cm³/mol. The van der Waals surface area contributed by atoms with E-state index >= 15 is 0 Å². The van der Waals surface area contributed by atoms with Gasteiger partial charge in [-0.25, -0.2) is 4.39 Å². The fourth-order valence-electron chi connectivity index (χ4n) is 1.33. The van der Waals surface area contributed by atoms with Crippen LogP contribution in [-0.4, -0.2) is 19.4 Å². The van der Waals surface area contributed by atoms with Crippen molar-refractivity contribution in [1.29, 1.82) is 0 Å². The molecule has 1 aromatic carbocycles. The number of Topliss-reactive ketones (excluding diaryl/α,β-unsaturated/α-hetero) is 1. The highest BCUT2D eigenvalue weighted by molar-refractivity contribution is 5.99. The van der Waals surface area contributed by atoms with Crippen LogP contribution < -0.4 is 10.5 Å². The number of ketones is 1. The lowest BCUT2D eigenvalue weighted by Gasteiger charge is -2.09. The van der Waals surface area contributed by atoms with Crippen LogP contribution in [0.4, 0.5) is 4.39 Å². The van der Waals surface area contributed by atoms with Gasteiger partial charge in [0.15, 0.2) is 5.78 Å². The summed E-state index contributed by atoms with van der Waals surface area (Å²) in [6.07, 6.45) is 0. The lowest BCUT2D eigenvalue weighted by Crippen LogP contribution is -2.16. The van der Waals surface area contributed by atoms with Gasteiger partial charge in [-0.2, -0.15) is 0 Å². The number of hydrogen-bond acceptors (Lipinski definition) is 3. The van der Waals surface area contributed by atoms with Gasteiger partial charge in [0.05, 0.1) is 19.2 Å². The zero-order valence-electron chi connectivity index (χ0n) is 8.13. The summed E-state index contributed by atoms with van der Waals surface area (Å²) in [4.78, 5) is 11.3. The van der Waals surface area contributed by atoms with Gasteiger partial charge in [-0.3, -0.25) is 4.79 Å². The van der Waals surface area contributed by atoms with Gasteiger partial charge in [0.25, 0.3) is 0 Å². The van der Waals surface area contributed by atoms with E-state index < -0.39 is 11.6 Å². The van der Waals surface area contributed by atoms with E-state index in [1.807, 2.05) is 0 Å². The molecule has 0 bridgehead atoms. The Bertz CT molecular complexity index is 363. The Morgan fingerprint density at radius 2 is 2.21 bits per heavy atom. The van der Waals surface area contributed by atoms with E-state index in [1.165, 1.54) is 19.2 Å². The average molecular weight is 197 g/mol. The van der Waals surface area contributed by atoms with Crippen molar-refractivity contribution in [3.8, 4) is 5.75 Å². The predicted octanol–water partition coefficient (Wildman–Crippen LogP) is 1.28. The van der Waals surface area contributed by atoms with Crippen LogP contribution in [0.5, 0.6) is 5.75 Å². The molecular formula is C10H12FNO2. The van der Waals surface area contributed by atoms with Gasteiger partial charge in [0.2, 0.25) is 0 Å². The summed E-state index contributed by atoms with van der Waals surface area (Å²) >= 11 is 0. The minimum atomic E-state index is -0.557. The molecule has 0 spiro atoms. The summed E-state index contributed by atoms with van der Waals surface area (Å²) in [5, 5.41) is 0. The standard InChI is InChI=1S/C10H12FNO2/c1-6-9(14-2)4-3-7(11)10(6)8(13)5-12/h3-4H,5,12H2,1-2H3. The van der Waals surface area contributed by atoms with Crippen LogP contribution in [0.15, 0.2) is 12.1 Å². The van der Waals surface area contributed by atoms with Crippen LogP contribution in [0, 0.1) is 12.7 Å². The van der Waals surface area contributed by atoms with Crippen molar-refractivity contribution in [2.45, 2.75) is 6.92 Å². The lowest BCUT2D eigenvalue weighted by molar-refractivity contribution is 0.0996. The zero-order chi connectivity index (χ0) is 10.7. The maximum atomic E-state index is 13.3. The molecule has 0 aromatic heterocycles. The number of halogens is 1. The molecule has 0 heterocycles. The van der Waals surface area contributed by atoms with E-state index in [0.29, 0.717) is 11.3 Å². The van der Waals surface area contributed by atoms with Crippen molar-refractivity contribution in [2.75, 3.05) is 13.7 Å². The van der Waals surface area contributed by atoms with Crippen LogP contribution >= 0.6 is 0 Å². The Kier molecular flexibility index (Phi) is 3.19. The average Bonchev–Trinajstić information content (AvgIpc) is 2.18. The van der Waals surface area contributed by atoms with Gasteiger partial charge in [0, 0.05) is 5.56 Å². The molecule has 0 unspecified atom stereocenters. The number of rotatable bonds is 3. The first-order valence-corrected chi connectivity index (χ1v) is 4.18. The van der Waals surface area contributed by atoms with Gasteiger partial charge in [-0.1, -0.05) is 0 Å². The molecule has 0 fully saturated rings. The number of methoxy groups -OCH3 is 1. The summed E-state index contributed by atoms with van der Waals surface area (Å²) in [6.45, 7) is 1.43. The van der Waals surface area contributed by atoms with Crippen molar-refractivity contribution in [3.63, 3.8) is 0 Å². The molecule has 1 rings (SSSR count). The largest absolute Gasteiger partial charge is 0.496 e. The molecule has 0 amide bonds. The highest BCUT2D eigenvalue weighted by Crippen LogP contribution is 2.23. The summed E-state index contributed by atoms with van der Waals surface area (Å²) in [5.41, 5.74) is 5.69. The van der Waals surface area contributed by atoms with Crippen molar-refractivity contribution >= 4 is 5.78 Å². The molecule has 0 saturated carbocycles. The number of ether oxygens (including phenoxy) is 1. The molecule has 14 heavy (non-hydrogen) atoms. The summed E-state index contributed by atoms with van der Waals surface area (Å²) in [5.74, 6) is -0.485. The second-order valence-electron chi connectivity index (χ2n) is 2.88. The number of benzene rings is 1. The van der Waals surface area contributed by atoms with Crippen molar-refractivity contribution in [1.82, 2.24) is 0 Å². The van der Waals surface area contributed by atoms with Crippen LogP contribution in [0.1, 0.15) is 15.9 Å². The Balaban J connectivity index is 3.32. The topological polar surface area (TPSA) is 52.3 Å². The summed E-state index contributed by atoms with van der Waals surface area (Å²) < 4.78 is 18.2. The Labute approximate surface area is 81.7 Å². The third kappa shape index (κ3) is 1.75. The van der Waals surface area contributed by atoms with Gasteiger partial charge >= 0.3 is 0 Å². The molecule has 1 aromatic rings. The highest BCUT2D eigenvalue weighted by Gasteiger charge is 2.16. The first kappa shape index (κ1) is 10.7. The third-order valence-corrected chi connectivity index (χ3v) is 2.05. The van der Waals surface area contributed by atoms with E-state index in [9.17, 15) is 9.18 Å². The minimum Gasteiger partial charge on any atom is -0.496 e. The molecule has 3 nitrogen and oxygen atoms in total. The quantitative estimate of drug-likeness (QED) is 0.743. The molecule has 0 radical (unpaired) electrons. The Morgan fingerprint density at radius 1 is 1.57 bits per heavy atom. The van der Waals surface area contributed by atoms with Gasteiger partial charge in [-0.15, -0.1) is 0 Å². The summed E-state index contributed by atoms with van der Waals surface area (Å²) in [7, 11) is 1.47. The fourth-order valence-corrected chi connectivity index (χ4v) is 1.33. The monoisotopic (exact) mass is 197 g/mol. The minimum absolute atomic E-state index is 0.0202. The fraction of sp³-hybridized carbons (Fsp3) is 0.300. The van der Waals surface area contributed by atoms with Crippen molar-refractivity contribution in [3.05, 3.63) is 29.1 Å². The maximum absolute atomic E-state index is 13.3. The molecule has 0 aliphatic rings. The molecule has 0 atom stereocenters. The van der Waals surface area contributed by atoms with E-state index in [0.717, 1.165) is 0 Å². The van der Waals surface area contributed by atoms with Gasteiger partial charge in [-0.05, 0) is 19.1 Å². The van der Waals surface area contributed by atoms with E-state index in [2.05, 4.69) is 0 Å². The summed E-state index contributed by atoms with van der Waals surface area (Å²) in [6, 6.07) is 2.69. The van der Waals surface area contributed by atoms with Gasteiger partial charge in [0.1, 0.15) is 11.6 Å². The maximum Gasteiger partial charge on any atom is 0.179 e. The van der Waals surface area contributed by atoms with Crippen LogP contribution in [0.3, 0.4) is 0 Å². The lowest BCUT2D eigenvalue weighted by atomic mass is 10.0. The number of carbonyl (C=O) groups excluding carboxylic acids is 1.